The quantitative estimate of drug-likeness (QED) is 0.814. The molecule has 0 unspecified atom stereocenters. The van der Waals surface area contributed by atoms with Crippen molar-refractivity contribution < 1.29 is 4.79 Å². The lowest BCUT2D eigenvalue weighted by atomic mass is 10.2. The van der Waals surface area contributed by atoms with Crippen molar-refractivity contribution in [3.8, 4) is 0 Å². The van der Waals surface area contributed by atoms with E-state index in [1.165, 1.54) is 4.88 Å². The molecule has 0 fully saturated rings. The van der Waals surface area contributed by atoms with E-state index in [1.807, 2.05) is 42.6 Å². The summed E-state index contributed by atoms with van der Waals surface area (Å²) in [6.45, 7) is 2.01. The van der Waals surface area contributed by atoms with Gasteiger partial charge >= 0.3 is 0 Å². The van der Waals surface area contributed by atoms with Crippen molar-refractivity contribution in [3.05, 3.63) is 58.3 Å². The number of hydrazine groups is 1. The largest absolute Gasteiger partial charge is 0.287 e. The van der Waals surface area contributed by atoms with E-state index in [0.717, 1.165) is 0 Å². The van der Waals surface area contributed by atoms with Crippen molar-refractivity contribution in [3.63, 3.8) is 0 Å². The number of benzene rings is 1. The molecule has 1 atom stereocenters. The summed E-state index contributed by atoms with van der Waals surface area (Å²) in [5, 5.41) is 2.02. The lowest BCUT2D eigenvalue weighted by Crippen LogP contribution is -2.38. The molecule has 1 aromatic heterocycles. The second kappa shape index (κ2) is 5.61. The molecule has 0 saturated heterocycles. The summed E-state index contributed by atoms with van der Waals surface area (Å²) in [7, 11) is 0. The Kier molecular flexibility index (Phi) is 3.90. The minimum Gasteiger partial charge on any atom is -0.287 e. The van der Waals surface area contributed by atoms with Gasteiger partial charge in [0.25, 0.3) is 5.91 Å². The first-order valence-corrected chi connectivity index (χ1v) is 6.29. The minimum absolute atomic E-state index is 0.114. The SMILES string of the molecule is C[C@@H](NNC(=O)c1ccccc1)c1cccs1. The predicted molar refractivity (Wildman–Crippen MR) is 69.8 cm³/mol. The molecule has 1 amide bonds. The second-order valence-corrected chi connectivity index (χ2v) is 4.68. The molecule has 3 nitrogen and oxygen atoms in total. The number of carbonyl (C=O) groups excluding carboxylic acids is 1. The highest BCUT2D eigenvalue weighted by atomic mass is 32.1. The van der Waals surface area contributed by atoms with Crippen LogP contribution in [-0.2, 0) is 0 Å². The maximum atomic E-state index is 11.7. The fourth-order valence-corrected chi connectivity index (χ4v) is 2.18. The number of nitrogens with one attached hydrogen (secondary N) is 2. The van der Waals surface area contributed by atoms with Crippen molar-refractivity contribution in [1.29, 1.82) is 0 Å². The first-order chi connectivity index (χ1) is 8.27. The minimum atomic E-state index is -0.117. The summed E-state index contributed by atoms with van der Waals surface area (Å²) < 4.78 is 0. The van der Waals surface area contributed by atoms with Gasteiger partial charge in [-0.1, -0.05) is 24.3 Å². The zero-order valence-corrected chi connectivity index (χ0v) is 10.3. The number of thiophene rings is 1. The molecule has 0 aliphatic heterocycles. The maximum Gasteiger partial charge on any atom is 0.265 e. The van der Waals surface area contributed by atoms with Gasteiger partial charge in [-0.25, -0.2) is 5.43 Å². The van der Waals surface area contributed by atoms with E-state index in [2.05, 4.69) is 10.9 Å². The topological polar surface area (TPSA) is 41.1 Å². The van der Waals surface area contributed by atoms with Crippen molar-refractivity contribution in [2.45, 2.75) is 13.0 Å². The average molecular weight is 246 g/mol. The first kappa shape index (κ1) is 11.8. The molecule has 0 saturated carbocycles. The van der Waals surface area contributed by atoms with Gasteiger partial charge in [0.2, 0.25) is 0 Å². The number of amides is 1. The van der Waals surface area contributed by atoms with Crippen molar-refractivity contribution in [1.82, 2.24) is 10.9 Å². The van der Waals surface area contributed by atoms with Crippen LogP contribution in [-0.4, -0.2) is 5.91 Å². The van der Waals surface area contributed by atoms with E-state index in [-0.39, 0.29) is 11.9 Å². The molecule has 0 aliphatic carbocycles. The molecule has 2 aromatic rings. The van der Waals surface area contributed by atoms with Crippen LogP contribution in [0.5, 0.6) is 0 Å². The van der Waals surface area contributed by atoms with Crippen molar-refractivity contribution in [2.24, 2.45) is 0 Å². The molecule has 1 aromatic carbocycles. The number of hydrogen-bond donors (Lipinski definition) is 2. The van der Waals surface area contributed by atoms with E-state index in [4.69, 9.17) is 0 Å². The van der Waals surface area contributed by atoms with Crippen LogP contribution >= 0.6 is 11.3 Å². The zero-order valence-electron chi connectivity index (χ0n) is 9.51. The van der Waals surface area contributed by atoms with Gasteiger partial charge in [-0.05, 0) is 30.5 Å². The highest BCUT2D eigenvalue weighted by molar-refractivity contribution is 7.10. The zero-order chi connectivity index (χ0) is 12.1. The van der Waals surface area contributed by atoms with Crippen molar-refractivity contribution >= 4 is 17.2 Å². The third-order valence-corrected chi connectivity index (χ3v) is 3.46. The summed E-state index contributed by atoms with van der Waals surface area (Å²) in [6.07, 6.45) is 0. The third kappa shape index (κ3) is 3.15. The summed E-state index contributed by atoms with van der Waals surface area (Å²) >= 11 is 1.66. The predicted octanol–water partition coefficient (Wildman–Crippen LogP) is 2.74. The Morgan fingerprint density at radius 1 is 1.18 bits per heavy atom. The Labute approximate surface area is 104 Å². The Morgan fingerprint density at radius 2 is 1.94 bits per heavy atom. The summed E-state index contributed by atoms with van der Waals surface area (Å²) in [4.78, 5) is 12.9. The number of rotatable bonds is 4. The van der Waals surface area contributed by atoms with Crippen LogP contribution in [0.3, 0.4) is 0 Å². The Morgan fingerprint density at radius 3 is 2.59 bits per heavy atom. The van der Waals surface area contributed by atoms with Crippen molar-refractivity contribution in [2.75, 3.05) is 0 Å². The third-order valence-electron chi connectivity index (χ3n) is 2.41. The van der Waals surface area contributed by atoms with Gasteiger partial charge in [-0.3, -0.25) is 10.2 Å². The van der Waals surface area contributed by atoms with Crippen LogP contribution in [0, 0.1) is 0 Å². The first-order valence-electron chi connectivity index (χ1n) is 5.41. The average Bonchev–Trinajstić information content (AvgIpc) is 2.90. The number of carbonyl (C=O) groups is 1. The molecule has 0 bridgehead atoms. The summed E-state index contributed by atoms with van der Waals surface area (Å²) in [6, 6.07) is 13.3. The van der Waals surface area contributed by atoms with Crippen LogP contribution in [0.15, 0.2) is 47.8 Å². The Balaban J connectivity index is 1.89. The van der Waals surface area contributed by atoms with Gasteiger partial charge in [-0.15, -0.1) is 11.3 Å². The lowest BCUT2D eigenvalue weighted by Gasteiger charge is -2.13. The van der Waals surface area contributed by atoms with Crippen LogP contribution in [0.25, 0.3) is 0 Å². The molecule has 4 heteroatoms. The fourth-order valence-electron chi connectivity index (χ4n) is 1.44. The van der Waals surface area contributed by atoms with Crippen LogP contribution in [0.2, 0.25) is 0 Å². The van der Waals surface area contributed by atoms with Gasteiger partial charge in [0.15, 0.2) is 0 Å². The van der Waals surface area contributed by atoms with Gasteiger partial charge in [0.05, 0.1) is 6.04 Å². The van der Waals surface area contributed by atoms with E-state index < -0.39 is 0 Å². The highest BCUT2D eigenvalue weighted by Gasteiger charge is 2.08. The maximum absolute atomic E-state index is 11.7. The molecule has 0 radical (unpaired) electrons. The van der Waals surface area contributed by atoms with Crippen LogP contribution < -0.4 is 10.9 Å². The van der Waals surface area contributed by atoms with Gasteiger partial charge in [-0.2, -0.15) is 0 Å². The molecule has 2 N–H and O–H groups in total. The standard InChI is InChI=1S/C13H14N2OS/c1-10(12-8-5-9-17-12)14-15-13(16)11-6-3-2-4-7-11/h2-10,14H,1H3,(H,15,16)/t10-/m1/s1. The molecular formula is C13H14N2OS. The Bertz CT molecular complexity index is 467. The normalized spacial score (nSPS) is 12.1. The fraction of sp³-hybridized carbons (Fsp3) is 0.154. The van der Waals surface area contributed by atoms with E-state index in [9.17, 15) is 4.79 Å². The van der Waals surface area contributed by atoms with Gasteiger partial charge in [0.1, 0.15) is 0 Å². The van der Waals surface area contributed by atoms with Gasteiger partial charge < -0.3 is 0 Å². The number of hydrogen-bond acceptors (Lipinski definition) is 3. The van der Waals surface area contributed by atoms with Crippen LogP contribution in [0.1, 0.15) is 28.2 Å². The summed E-state index contributed by atoms with van der Waals surface area (Å²) in [5.74, 6) is -0.117. The second-order valence-electron chi connectivity index (χ2n) is 3.70. The molecule has 2 rings (SSSR count). The molecule has 17 heavy (non-hydrogen) atoms. The molecule has 88 valence electrons. The molecule has 1 heterocycles. The van der Waals surface area contributed by atoms with Crippen LogP contribution in [0.4, 0.5) is 0 Å². The van der Waals surface area contributed by atoms with E-state index >= 15 is 0 Å². The van der Waals surface area contributed by atoms with E-state index in [1.54, 1.807) is 23.5 Å². The summed E-state index contributed by atoms with van der Waals surface area (Å²) in [5.41, 5.74) is 6.35. The molecule has 0 aliphatic rings. The van der Waals surface area contributed by atoms with E-state index in [0.29, 0.717) is 5.56 Å². The van der Waals surface area contributed by atoms with Gasteiger partial charge in [0, 0.05) is 10.4 Å². The monoisotopic (exact) mass is 246 g/mol. The highest BCUT2D eigenvalue weighted by Crippen LogP contribution is 2.17. The molecule has 0 spiro atoms. The smallest absolute Gasteiger partial charge is 0.265 e. The lowest BCUT2D eigenvalue weighted by molar-refractivity contribution is 0.0926. The molecular weight excluding hydrogens is 232 g/mol. The Hall–Kier alpha value is -1.65.